The molecule has 0 bridgehead atoms. The number of aliphatic hydroxyl groups is 1. The number of aliphatic hydroxyl groups excluding tert-OH is 1. The standard InChI is InChI=1S/C11H24N2O3/c1-4-13(3)9-10(7-5-6-8-14)16-11(15)12-2/h10,14H,4-9H2,1-3H3,(H,12,15). The van der Waals surface area contributed by atoms with Gasteiger partial charge in [-0.05, 0) is 32.9 Å². The van der Waals surface area contributed by atoms with Crippen LogP contribution < -0.4 is 5.32 Å². The molecule has 1 unspecified atom stereocenters. The van der Waals surface area contributed by atoms with Crippen LogP contribution in [0.15, 0.2) is 0 Å². The van der Waals surface area contributed by atoms with E-state index >= 15 is 0 Å². The van der Waals surface area contributed by atoms with Crippen molar-refractivity contribution in [2.75, 3.05) is 33.8 Å². The van der Waals surface area contributed by atoms with E-state index in [1.165, 1.54) is 0 Å². The summed E-state index contributed by atoms with van der Waals surface area (Å²) in [4.78, 5) is 13.2. The van der Waals surface area contributed by atoms with E-state index in [2.05, 4.69) is 17.1 Å². The number of unbranched alkanes of at least 4 members (excludes halogenated alkanes) is 1. The van der Waals surface area contributed by atoms with Crippen LogP contribution in [-0.2, 0) is 4.74 Å². The van der Waals surface area contributed by atoms with E-state index in [0.29, 0.717) is 0 Å². The van der Waals surface area contributed by atoms with Gasteiger partial charge in [-0.15, -0.1) is 0 Å². The highest BCUT2D eigenvalue weighted by Crippen LogP contribution is 2.07. The highest BCUT2D eigenvalue weighted by molar-refractivity contribution is 5.66. The van der Waals surface area contributed by atoms with Gasteiger partial charge in [0.1, 0.15) is 6.10 Å². The third-order valence-corrected chi connectivity index (χ3v) is 2.47. The van der Waals surface area contributed by atoms with Crippen LogP contribution in [0.3, 0.4) is 0 Å². The third kappa shape index (κ3) is 7.48. The fourth-order valence-electron chi connectivity index (χ4n) is 1.36. The van der Waals surface area contributed by atoms with Crippen molar-refractivity contribution >= 4 is 6.09 Å². The van der Waals surface area contributed by atoms with Crippen LogP contribution in [0.1, 0.15) is 26.2 Å². The van der Waals surface area contributed by atoms with E-state index in [1.807, 2.05) is 7.05 Å². The minimum atomic E-state index is -0.390. The molecule has 0 aliphatic carbocycles. The summed E-state index contributed by atoms with van der Waals surface area (Å²) < 4.78 is 5.25. The topological polar surface area (TPSA) is 61.8 Å². The molecule has 0 aliphatic heterocycles. The van der Waals surface area contributed by atoms with E-state index in [0.717, 1.165) is 32.4 Å². The molecule has 2 N–H and O–H groups in total. The van der Waals surface area contributed by atoms with E-state index in [4.69, 9.17) is 9.84 Å². The highest BCUT2D eigenvalue weighted by Gasteiger charge is 2.14. The fourth-order valence-corrected chi connectivity index (χ4v) is 1.36. The van der Waals surface area contributed by atoms with Crippen molar-refractivity contribution in [2.24, 2.45) is 0 Å². The maximum Gasteiger partial charge on any atom is 0.407 e. The largest absolute Gasteiger partial charge is 0.445 e. The molecule has 0 aromatic carbocycles. The van der Waals surface area contributed by atoms with Crippen molar-refractivity contribution in [3.8, 4) is 0 Å². The van der Waals surface area contributed by atoms with Crippen LogP contribution in [0, 0.1) is 0 Å². The van der Waals surface area contributed by atoms with Gasteiger partial charge in [-0.3, -0.25) is 0 Å². The number of hydrogen-bond donors (Lipinski definition) is 2. The summed E-state index contributed by atoms with van der Waals surface area (Å²) in [6, 6.07) is 0. The minimum absolute atomic E-state index is 0.101. The molecule has 0 aromatic heterocycles. The van der Waals surface area contributed by atoms with Gasteiger partial charge in [0.05, 0.1) is 0 Å². The molecule has 0 heterocycles. The summed E-state index contributed by atoms with van der Waals surface area (Å²) in [5, 5.41) is 11.2. The predicted molar refractivity (Wildman–Crippen MR) is 63.4 cm³/mol. The first kappa shape index (κ1) is 15.2. The van der Waals surface area contributed by atoms with E-state index in [9.17, 15) is 4.79 Å². The summed E-state index contributed by atoms with van der Waals surface area (Å²) >= 11 is 0. The zero-order valence-corrected chi connectivity index (χ0v) is 10.5. The zero-order valence-electron chi connectivity index (χ0n) is 10.5. The van der Waals surface area contributed by atoms with Crippen LogP contribution in [0.5, 0.6) is 0 Å². The minimum Gasteiger partial charge on any atom is -0.445 e. The molecule has 0 fully saturated rings. The zero-order chi connectivity index (χ0) is 12.4. The number of nitrogens with one attached hydrogen (secondary N) is 1. The summed E-state index contributed by atoms with van der Waals surface area (Å²) in [6.07, 6.45) is 1.92. The summed E-state index contributed by atoms with van der Waals surface area (Å²) in [6.45, 7) is 3.91. The van der Waals surface area contributed by atoms with Gasteiger partial charge in [-0.2, -0.15) is 0 Å². The number of carbonyl (C=O) groups is 1. The lowest BCUT2D eigenvalue weighted by molar-refractivity contribution is 0.0712. The highest BCUT2D eigenvalue weighted by atomic mass is 16.6. The number of ether oxygens (including phenoxy) is 1. The fraction of sp³-hybridized carbons (Fsp3) is 0.909. The SMILES string of the molecule is CCN(C)CC(CCCCO)OC(=O)NC. The number of hydrogen-bond acceptors (Lipinski definition) is 4. The molecule has 0 saturated carbocycles. The maximum atomic E-state index is 11.1. The molecule has 0 radical (unpaired) electrons. The Hall–Kier alpha value is -0.810. The quantitative estimate of drug-likeness (QED) is 0.608. The Morgan fingerprint density at radius 3 is 2.69 bits per heavy atom. The van der Waals surface area contributed by atoms with Crippen LogP contribution in [-0.4, -0.2) is 56.0 Å². The Morgan fingerprint density at radius 1 is 1.50 bits per heavy atom. The van der Waals surface area contributed by atoms with Gasteiger partial charge in [0.15, 0.2) is 0 Å². The number of nitrogens with zero attached hydrogens (tertiary/aromatic N) is 1. The first-order valence-electron chi connectivity index (χ1n) is 5.81. The van der Waals surface area contributed by atoms with Crippen LogP contribution >= 0.6 is 0 Å². The second-order valence-corrected chi connectivity index (χ2v) is 3.85. The molecule has 5 nitrogen and oxygen atoms in total. The number of carbonyl (C=O) groups excluding carboxylic acids is 1. The van der Waals surface area contributed by atoms with E-state index < -0.39 is 6.09 Å². The van der Waals surface area contributed by atoms with Crippen molar-refractivity contribution in [3.05, 3.63) is 0 Å². The van der Waals surface area contributed by atoms with Gasteiger partial charge in [0.2, 0.25) is 0 Å². The lowest BCUT2D eigenvalue weighted by Crippen LogP contribution is -2.35. The van der Waals surface area contributed by atoms with Crippen molar-refractivity contribution in [2.45, 2.75) is 32.3 Å². The van der Waals surface area contributed by atoms with Crippen LogP contribution in [0.4, 0.5) is 4.79 Å². The molecule has 0 aromatic rings. The summed E-state index contributed by atoms with van der Waals surface area (Å²) in [5.41, 5.74) is 0. The average molecular weight is 232 g/mol. The smallest absolute Gasteiger partial charge is 0.407 e. The molecule has 16 heavy (non-hydrogen) atoms. The monoisotopic (exact) mass is 232 g/mol. The molecular weight excluding hydrogens is 208 g/mol. The Labute approximate surface area is 97.8 Å². The number of amides is 1. The molecular formula is C11H24N2O3. The Balaban J connectivity index is 3.99. The van der Waals surface area contributed by atoms with Crippen molar-refractivity contribution in [3.63, 3.8) is 0 Å². The lowest BCUT2D eigenvalue weighted by atomic mass is 10.1. The molecule has 0 saturated heterocycles. The maximum absolute atomic E-state index is 11.1. The molecule has 1 amide bonds. The first-order valence-corrected chi connectivity index (χ1v) is 5.81. The average Bonchev–Trinajstić information content (AvgIpc) is 2.28. The summed E-state index contributed by atoms with van der Waals surface area (Å²) in [7, 11) is 3.54. The molecule has 96 valence electrons. The van der Waals surface area contributed by atoms with E-state index in [-0.39, 0.29) is 12.7 Å². The molecule has 0 spiro atoms. The Bertz CT molecular complexity index is 188. The predicted octanol–water partition coefficient (Wildman–Crippen LogP) is 0.825. The first-order chi connectivity index (χ1) is 7.63. The normalized spacial score (nSPS) is 12.6. The second kappa shape index (κ2) is 9.42. The van der Waals surface area contributed by atoms with Gasteiger partial charge in [0, 0.05) is 20.2 Å². The molecule has 1 atom stereocenters. The molecule has 0 aliphatic rings. The van der Waals surface area contributed by atoms with Gasteiger partial charge in [-0.25, -0.2) is 4.79 Å². The summed E-state index contributed by atoms with van der Waals surface area (Å²) in [5.74, 6) is 0. The van der Waals surface area contributed by atoms with Crippen molar-refractivity contribution < 1.29 is 14.6 Å². The Morgan fingerprint density at radius 2 is 2.19 bits per heavy atom. The van der Waals surface area contributed by atoms with Crippen molar-refractivity contribution in [1.29, 1.82) is 0 Å². The molecule has 5 heteroatoms. The molecule has 0 rings (SSSR count). The lowest BCUT2D eigenvalue weighted by Gasteiger charge is -2.22. The number of alkyl carbamates (subject to hydrolysis) is 1. The number of likely N-dealkylation sites (N-methyl/N-ethyl adjacent to an activating group) is 1. The van der Waals surface area contributed by atoms with Gasteiger partial charge in [0.25, 0.3) is 0 Å². The van der Waals surface area contributed by atoms with Crippen LogP contribution in [0.25, 0.3) is 0 Å². The van der Waals surface area contributed by atoms with Crippen LogP contribution in [0.2, 0.25) is 0 Å². The van der Waals surface area contributed by atoms with Gasteiger partial charge < -0.3 is 20.1 Å². The van der Waals surface area contributed by atoms with Gasteiger partial charge >= 0.3 is 6.09 Å². The second-order valence-electron chi connectivity index (χ2n) is 3.85. The van der Waals surface area contributed by atoms with Crippen molar-refractivity contribution in [1.82, 2.24) is 10.2 Å². The number of rotatable bonds is 8. The third-order valence-electron chi connectivity index (χ3n) is 2.47. The van der Waals surface area contributed by atoms with E-state index in [1.54, 1.807) is 7.05 Å². The van der Waals surface area contributed by atoms with Gasteiger partial charge in [-0.1, -0.05) is 6.92 Å². The Kier molecular flexibility index (Phi) is 8.94.